The summed E-state index contributed by atoms with van der Waals surface area (Å²) in [5.41, 5.74) is 3.82. The highest BCUT2D eigenvalue weighted by molar-refractivity contribution is 14.1. The molecule has 15 heavy (non-hydrogen) atoms. The van der Waals surface area contributed by atoms with Crippen molar-refractivity contribution in [3.63, 3.8) is 0 Å². The van der Waals surface area contributed by atoms with Crippen molar-refractivity contribution >= 4 is 39.8 Å². The fourth-order valence-corrected chi connectivity index (χ4v) is 3.18. The first kappa shape index (κ1) is 11.3. The van der Waals surface area contributed by atoms with Crippen LogP contribution in [0, 0.1) is 2.88 Å². The van der Waals surface area contributed by atoms with Crippen molar-refractivity contribution in [2.45, 2.75) is 31.7 Å². The predicted molar refractivity (Wildman–Crippen MR) is 73.2 cm³/mol. The molecule has 3 nitrogen and oxygen atoms in total. The van der Waals surface area contributed by atoms with Crippen LogP contribution in [0.5, 0.6) is 0 Å². The van der Waals surface area contributed by atoms with Gasteiger partial charge >= 0.3 is 0 Å². The molecule has 0 unspecified atom stereocenters. The zero-order valence-electron chi connectivity index (χ0n) is 8.37. The van der Waals surface area contributed by atoms with Gasteiger partial charge in [-0.1, -0.05) is 12.8 Å². The summed E-state index contributed by atoms with van der Waals surface area (Å²) >= 11 is 4.03. The lowest BCUT2D eigenvalue weighted by Gasteiger charge is -2.07. The molecule has 0 aromatic carbocycles. The Labute approximate surface area is 107 Å². The monoisotopic (exact) mass is 335 g/mol. The van der Waals surface area contributed by atoms with E-state index >= 15 is 0 Å². The van der Waals surface area contributed by atoms with Gasteiger partial charge in [0.05, 0.1) is 8.93 Å². The number of aliphatic imine (C=N–C) groups is 1. The molecule has 1 heterocycles. The van der Waals surface area contributed by atoms with Crippen molar-refractivity contribution in [3.8, 4) is 0 Å². The molecule has 0 saturated heterocycles. The maximum absolute atomic E-state index is 5.51. The molecule has 1 saturated carbocycles. The standard InChI is InChI=1S/C10H14IN3S/c11-9-5-7(6-15-9)10(14-12)13-8-3-1-2-4-8/h5-6,8H,1-4,12H2,(H,13,14). The molecule has 0 atom stereocenters. The van der Waals surface area contributed by atoms with Gasteiger partial charge in [0.1, 0.15) is 5.84 Å². The molecule has 2 rings (SSSR count). The normalized spacial score (nSPS) is 18.4. The summed E-state index contributed by atoms with van der Waals surface area (Å²) in [5.74, 6) is 6.35. The first-order chi connectivity index (χ1) is 7.29. The van der Waals surface area contributed by atoms with E-state index in [0.29, 0.717) is 6.04 Å². The number of rotatable bonds is 2. The van der Waals surface area contributed by atoms with E-state index in [1.165, 1.54) is 28.6 Å². The number of thiophene rings is 1. The number of nitrogens with two attached hydrogens (primary N) is 1. The second-order valence-corrected chi connectivity index (χ2v) is 6.51. The van der Waals surface area contributed by atoms with Gasteiger partial charge in [-0.2, -0.15) is 0 Å². The number of hydrogen-bond donors (Lipinski definition) is 2. The van der Waals surface area contributed by atoms with Crippen LogP contribution in [0.4, 0.5) is 0 Å². The lowest BCUT2D eigenvalue weighted by atomic mass is 10.2. The molecule has 5 heteroatoms. The van der Waals surface area contributed by atoms with Gasteiger partial charge in [0.25, 0.3) is 0 Å². The van der Waals surface area contributed by atoms with Gasteiger partial charge in [-0.05, 0) is 41.5 Å². The van der Waals surface area contributed by atoms with Crippen LogP contribution < -0.4 is 11.3 Å². The quantitative estimate of drug-likeness (QED) is 0.287. The van der Waals surface area contributed by atoms with Gasteiger partial charge in [-0.15, -0.1) is 11.3 Å². The molecule has 0 spiro atoms. The van der Waals surface area contributed by atoms with Gasteiger partial charge in [-0.25, -0.2) is 5.84 Å². The average molecular weight is 335 g/mol. The third-order valence-electron chi connectivity index (χ3n) is 2.61. The van der Waals surface area contributed by atoms with E-state index in [9.17, 15) is 0 Å². The molecule has 1 fully saturated rings. The Kier molecular flexibility index (Phi) is 3.99. The zero-order valence-corrected chi connectivity index (χ0v) is 11.3. The second kappa shape index (κ2) is 5.27. The van der Waals surface area contributed by atoms with E-state index in [1.54, 1.807) is 11.3 Å². The minimum Gasteiger partial charge on any atom is -0.308 e. The largest absolute Gasteiger partial charge is 0.308 e. The second-order valence-electron chi connectivity index (χ2n) is 3.70. The van der Waals surface area contributed by atoms with E-state index < -0.39 is 0 Å². The van der Waals surface area contributed by atoms with Crippen LogP contribution in [0.3, 0.4) is 0 Å². The summed E-state index contributed by atoms with van der Waals surface area (Å²) in [6, 6.07) is 2.58. The van der Waals surface area contributed by atoms with Gasteiger partial charge in [0.15, 0.2) is 0 Å². The van der Waals surface area contributed by atoms with E-state index in [4.69, 9.17) is 5.84 Å². The first-order valence-corrected chi connectivity index (χ1v) is 7.04. The van der Waals surface area contributed by atoms with E-state index in [2.05, 4.69) is 44.5 Å². The minimum atomic E-state index is 0.466. The van der Waals surface area contributed by atoms with Crippen LogP contribution in [-0.4, -0.2) is 11.9 Å². The van der Waals surface area contributed by atoms with Gasteiger partial charge in [0, 0.05) is 10.9 Å². The average Bonchev–Trinajstić information content (AvgIpc) is 2.85. The fourth-order valence-electron chi connectivity index (χ4n) is 1.85. The molecule has 0 aliphatic heterocycles. The van der Waals surface area contributed by atoms with Crippen LogP contribution >= 0.6 is 33.9 Å². The number of hydrazine groups is 1. The molecule has 82 valence electrons. The number of hydrogen-bond acceptors (Lipinski definition) is 3. The molecule has 1 aliphatic rings. The molecule has 3 N–H and O–H groups in total. The highest BCUT2D eigenvalue weighted by atomic mass is 127. The number of amidine groups is 1. The van der Waals surface area contributed by atoms with Crippen molar-refractivity contribution < 1.29 is 0 Å². The Morgan fingerprint density at radius 2 is 2.27 bits per heavy atom. The Balaban J connectivity index is 2.15. The van der Waals surface area contributed by atoms with Crippen LogP contribution in [0.2, 0.25) is 0 Å². The Morgan fingerprint density at radius 3 is 2.80 bits per heavy atom. The van der Waals surface area contributed by atoms with Crippen molar-refractivity contribution in [3.05, 3.63) is 19.9 Å². The summed E-state index contributed by atoms with van der Waals surface area (Å²) < 4.78 is 1.26. The van der Waals surface area contributed by atoms with Gasteiger partial charge in [-0.3, -0.25) is 4.99 Å². The fraction of sp³-hybridized carbons (Fsp3) is 0.500. The third kappa shape index (κ3) is 2.92. The SMILES string of the molecule is NNC(=NC1CCCC1)c1csc(I)c1. The van der Waals surface area contributed by atoms with Crippen molar-refractivity contribution in [1.82, 2.24) is 5.43 Å². The highest BCUT2D eigenvalue weighted by Crippen LogP contribution is 2.22. The summed E-state index contributed by atoms with van der Waals surface area (Å²) in [7, 11) is 0. The van der Waals surface area contributed by atoms with Crippen LogP contribution in [0.25, 0.3) is 0 Å². The van der Waals surface area contributed by atoms with Crippen molar-refractivity contribution in [1.29, 1.82) is 0 Å². The smallest absolute Gasteiger partial charge is 0.143 e. The maximum Gasteiger partial charge on any atom is 0.143 e. The summed E-state index contributed by atoms with van der Waals surface area (Å²) in [6.45, 7) is 0. The highest BCUT2D eigenvalue weighted by Gasteiger charge is 2.15. The summed E-state index contributed by atoms with van der Waals surface area (Å²) in [4.78, 5) is 4.66. The molecule has 1 aromatic heterocycles. The van der Waals surface area contributed by atoms with Crippen LogP contribution in [-0.2, 0) is 0 Å². The van der Waals surface area contributed by atoms with E-state index in [-0.39, 0.29) is 0 Å². The predicted octanol–water partition coefficient (Wildman–Crippen LogP) is 2.51. The van der Waals surface area contributed by atoms with Crippen LogP contribution in [0.1, 0.15) is 31.2 Å². The Hall–Kier alpha value is -0.140. The van der Waals surface area contributed by atoms with E-state index in [1.807, 2.05) is 0 Å². The molecular formula is C10H14IN3S. The summed E-state index contributed by atoms with van der Waals surface area (Å²) in [5, 5.41) is 2.09. The molecule has 1 aromatic rings. The number of nitrogens with one attached hydrogen (secondary N) is 1. The molecular weight excluding hydrogens is 321 g/mol. The van der Waals surface area contributed by atoms with E-state index in [0.717, 1.165) is 11.4 Å². The zero-order chi connectivity index (χ0) is 10.7. The van der Waals surface area contributed by atoms with Crippen molar-refractivity contribution in [2.24, 2.45) is 10.8 Å². The topological polar surface area (TPSA) is 50.4 Å². The lowest BCUT2D eigenvalue weighted by Crippen LogP contribution is -2.31. The Morgan fingerprint density at radius 1 is 1.53 bits per heavy atom. The molecule has 0 amide bonds. The maximum atomic E-state index is 5.51. The minimum absolute atomic E-state index is 0.466. The molecule has 1 aliphatic carbocycles. The lowest BCUT2D eigenvalue weighted by molar-refractivity contribution is 0.701. The summed E-state index contributed by atoms with van der Waals surface area (Å²) in [6.07, 6.45) is 5.00. The molecule has 0 radical (unpaired) electrons. The molecule has 0 bridgehead atoms. The third-order valence-corrected chi connectivity index (χ3v) is 4.40. The van der Waals surface area contributed by atoms with Crippen molar-refractivity contribution in [2.75, 3.05) is 0 Å². The first-order valence-electron chi connectivity index (χ1n) is 5.08. The van der Waals surface area contributed by atoms with Crippen LogP contribution in [0.15, 0.2) is 16.4 Å². The van der Waals surface area contributed by atoms with Gasteiger partial charge < -0.3 is 5.43 Å². The number of nitrogens with zero attached hydrogens (tertiary/aromatic N) is 1. The number of halogens is 1. The Bertz CT molecular complexity index is 355. The van der Waals surface area contributed by atoms with Gasteiger partial charge in [0.2, 0.25) is 0 Å².